The van der Waals surface area contributed by atoms with Gasteiger partial charge in [-0.1, -0.05) is 78.4 Å². The first-order chi connectivity index (χ1) is 16.3. The summed E-state index contributed by atoms with van der Waals surface area (Å²) in [5, 5.41) is 0. The van der Waals surface area contributed by atoms with Crippen molar-refractivity contribution >= 4 is 34.9 Å². The zero-order valence-electron chi connectivity index (χ0n) is 18.7. The highest BCUT2D eigenvalue weighted by Gasteiger charge is 2.33. The molecule has 4 aromatic rings. The van der Waals surface area contributed by atoms with E-state index >= 15 is 0 Å². The summed E-state index contributed by atoms with van der Waals surface area (Å²) in [4.78, 5) is 7.89. The summed E-state index contributed by atoms with van der Waals surface area (Å²) in [6, 6.07) is 39.0. The summed E-state index contributed by atoms with van der Waals surface area (Å²) in [6.07, 6.45) is 2.20. The minimum atomic E-state index is 0.326. The lowest BCUT2D eigenvalue weighted by atomic mass is 9.82. The second-order valence-corrected chi connectivity index (χ2v) is 11.1. The SMILES string of the molecule is Cc1ccc(N=C2c3ccccc3CCC2C(Sc2ccccc2)Sc2ccccc2)cc1. The Morgan fingerprint density at radius 2 is 1.27 bits per heavy atom. The predicted molar refractivity (Wildman–Crippen MR) is 144 cm³/mol. The van der Waals surface area contributed by atoms with Crippen LogP contribution in [-0.2, 0) is 6.42 Å². The number of hydrogen-bond acceptors (Lipinski definition) is 3. The van der Waals surface area contributed by atoms with Crippen LogP contribution in [-0.4, -0.2) is 10.3 Å². The predicted octanol–water partition coefficient (Wildman–Crippen LogP) is 8.59. The van der Waals surface area contributed by atoms with Crippen LogP contribution >= 0.6 is 23.5 Å². The molecule has 0 fully saturated rings. The van der Waals surface area contributed by atoms with E-state index in [0.29, 0.717) is 10.5 Å². The minimum absolute atomic E-state index is 0.326. The van der Waals surface area contributed by atoms with Gasteiger partial charge in [0.25, 0.3) is 0 Å². The van der Waals surface area contributed by atoms with E-state index in [-0.39, 0.29) is 0 Å². The zero-order valence-corrected chi connectivity index (χ0v) is 20.4. The first kappa shape index (κ1) is 22.1. The molecule has 1 atom stereocenters. The van der Waals surface area contributed by atoms with Gasteiger partial charge in [0, 0.05) is 15.7 Å². The maximum absolute atomic E-state index is 5.28. The van der Waals surface area contributed by atoms with E-state index in [1.807, 2.05) is 23.5 Å². The largest absolute Gasteiger partial charge is 0.252 e. The number of aliphatic imine (C=N–C) groups is 1. The Labute approximate surface area is 205 Å². The summed E-state index contributed by atoms with van der Waals surface area (Å²) in [5.74, 6) is 0.344. The van der Waals surface area contributed by atoms with Gasteiger partial charge in [-0.3, -0.25) is 4.99 Å². The quantitative estimate of drug-likeness (QED) is 0.209. The number of nitrogens with zero attached hydrogens (tertiary/aromatic N) is 1. The third kappa shape index (κ3) is 5.43. The van der Waals surface area contributed by atoms with Gasteiger partial charge in [0.2, 0.25) is 0 Å². The molecule has 0 N–H and O–H groups in total. The fraction of sp³-hybridized carbons (Fsp3) is 0.167. The normalized spacial score (nSPS) is 16.7. The fourth-order valence-electron chi connectivity index (χ4n) is 4.26. The molecule has 3 heteroatoms. The fourth-order valence-corrected chi connectivity index (χ4v) is 7.14. The highest BCUT2D eigenvalue weighted by molar-refractivity contribution is 8.17. The van der Waals surface area contributed by atoms with Crippen LogP contribution < -0.4 is 0 Å². The molecule has 0 saturated heterocycles. The summed E-state index contributed by atoms with van der Waals surface area (Å²) < 4.78 is 0.326. The van der Waals surface area contributed by atoms with Crippen LogP contribution in [0.3, 0.4) is 0 Å². The molecule has 164 valence electrons. The third-order valence-electron chi connectivity index (χ3n) is 5.97. The summed E-state index contributed by atoms with van der Waals surface area (Å²) >= 11 is 3.93. The van der Waals surface area contributed by atoms with E-state index in [9.17, 15) is 0 Å². The smallest absolute Gasteiger partial charge is 0.0680 e. The topological polar surface area (TPSA) is 12.4 Å². The average Bonchev–Trinajstić information content (AvgIpc) is 2.86. The van der Waals surface area contributed by atoms with Crippen molar-refractivity contribution in [1.29, 1.82) is 0 Å². The molecule has 0 bridgehead atoms. The van der Waals surface area contributed by atoms with Crippen LogP contribution in [0.1, 0.15) is 23.1 Å². The molecule has 4 aromatic carbocycles. The van der Waals surface area contributed by atoms with Crippen molar-refractivity contribution in [3.05, 3.63) is 126 Å². The van der Waals surface area contributed by atoms with Crippen LogP contribution in [0.25, 0.3) is 0 Å². The molecule has 0 amide bonds. The monoisotopic (exact) mass is 465 g/mol. The van der Waals surface area contributed by atoms with Crippen molar-refractivity contribution < 1.29 is 0 Å². The molecule has 0 aliphatic heterocycles. The number of hydrogen-bond donors (Lipinski definition) is 0. The molecule has 1 unspecified atom stereocenters. The van der Waals surface area contributed by atoms with Gasteiger partial charge in [-0.15, -0.1) is 23.5 Å². The zero-order chi connectivity index (χ0) is 22.5. The molecule has 1 aliphatic carbocycles. The van der Waals surface area contributed by atoms with Crippen molar-refractivity contribution in [2.75, 3.05) is 0 Å². The van der Waals surface area contributed by atoms with E-state index in [0.717, 1.165) is 18.5 Å². The Morgan fingerprint density at radius 3 is 1.91 bits per heavy atom. The van der Waals surface area contributed by atoms with E-state index in [2.05, 4.69) is 116 Å². The van der Waals surface area contributed by atoms with Gasteiger partial charge in [-0.2, -0.15) is 0 Å². The standard InChI is InChI=1S/C30H27NS2/c1-22-16-19-24(20-17-22)31-29-27-15-9-8-10-23(27)18-21-28(29)30(32-25-11-4-2-5-12-25)33-26-13-6-3-7-14-26/h2-17,19-20,28,30H,18,21H2,1H3. The summed E-state index contributed by atoms with van der Waals surface area (Å²) in [5.41, 5.74) is 6.23. The number of rotatable bonds is 6. The van der Waals surface area contributed by atoms with Crippen molar-refractivity contribution in [3.63, 3.8) is 0 Å². The van der Waals surface area contributed by atoms with Gasteiger partial charge < -0.3 is 0 Å². The van der Waals surface area contributed by atoms with E-state index in [1.54, 1.807) is 0 Å². The highest BCUT2D eigenvalue weighted by Crippen LogP contribution is 2.45. The van der Waals surface area contributed by atoms with Crippen LogP contribution in [0.2, 0.25) is 0 Å². The Kier molecular flexibility index (Phi) is 6.99. The molecule has 0 heterocycles. The van der Waals surface area contributed by atoms with Crippen LogP contribution in [0.4, 0.5) is 5.69 Å². The Morgan fingerprint density at radius 1 is 0.697 bits per heavy atom. The lowest BCUT2D eigenvalue weighted by molar-refractivity contribution is 0.654. The van der Waals surface area contributed by atoms with E-state index in [4.69, 9.17) is 4.99 Å². The summed E-state index contributed by atoms with van der Waals surface area (Å²) in [7, 11) is 0. The Hall–Kier alpha value is -2.75. The molecular formula is C30H27NS2. The van der Waals surface area contributed by atoms with E-state index in [1.165, 1.54) is 32.2 Å². The van der Waals surface area contributed by atoms with Gasteiger partial charge in [0.1, 0.15) is 0 Å². The lowest BCUT2D eigenvalue weighted by Crippen LogP contribution is -2.30. The van der Waals surface area contributed by atoms with Gasteiger partial charge in [0.15, 0.2) is 0 Å². The third-order valence-corrected chi connectivity index (χ3v) is 8.76. The molecule has 0 aromatic heterocycles. The van der Waals surface area contributed by atoms with Crippen molar-refractivity contribution in [3.8, 4) is 0 Å². The maximum atomic E-state index is 5.28. The van der Waals surface area contributed by atoms with Gasteiger partial charge in [-0.25, -0.2) is 0 Å². The Bertz CT molecular complexity index is 1180. The second kappa shape index (κ2) is 10.5. The first-order valence-electron chi connectivity index (χ1n) is 11.4. The van der Waals surface area contributed by atoms with E-state index < -0.39 is 0 Å². The van der Waals surface area contributed by atoms with Crippen molar-refractivity contribution in [2.45, 2.75) is 34.1 Å². The second-order valence-electron chi connectivity index (χ2n) is 8.37. The number of aryl methyl sites for hydroxylation is 2. The molecular weight excluding hydrogens is 438 g/mol. The van der Waals surface area contributed by atoms with Crippen LogP contribution in [0.15, 0.2) is 124 Å². The molecule has 0 saturated carbocycles. The molecule has 0 spiro atoms. The molecule has 1 nitrogen and oxygen atoms in total. The molecule has 5 rings (SSSR count). The molecule has 33 heavy (non-hydrogen) atoms. The minimum Gasteiger partial charge on any atom is -0.252 e. The first-order valence-corrected chi connectivity index (χ1v) is 13.2. The lowest BCUT2D eigenvalue weighted by Gasteiger charge is -2.32. The average molecular weight is 466 g/mol. The van der Waals surface area contributed by atoms with Gasteiger partial charge in [0.05, 0.1) is 16.0 Å². The van der Waals surface area contributed by atoms with Crippen LogP contribution in [0, 0.1) is 12.8 Å². The molecule has 1 aliphatic rings. The Balaban J connectivity index is 1.57. The van der Waals surface area contributed by atoms with Crippen LogP contribution in [0.5, 0.6) is 0 Å². The van der Waals surface area contributed by atoms with Gasteiger partial charge >= 0.3 is 0 Å². The number of fused-ring (bicyclic) bond motifs is 1. The number of thioether (sulfide) groups is 2. The van der Waals surface area contributed by atoms with Crippen molar-refractivity contribution in [1.82, 2.24) is 0 Å². The number of benzene rings is 4. The van der Waals surface area contributed by atoms with Crippen molar-refractivity contribution in [2.24, 2.45) is 10.9 Å². The highest BCUT2D eigenvalue weighted by atomic mass is 32.2. The molecule has 0 radical (unpaired) electrons. The summed E-state index contributed by atoms with van der Waals surface area (Å²) in [6.45, 7) is 2.12. The maximum Gasteiger partial charge on any atom is 0.0680 e. The van der Waals surface area contributed by atoms with Gasteiger partial charge in [-0.05, 0) is 67.3 Å².